The van der Waals surface area contributed by atoms with Gasteiger partial charge in [-0.3, -0.25) is 9.59 Å². The number of carboxylic acid groups (broad SMARTS) is 1. The molecule has 0 spiro atoms. The van der Waals surface area contributed by atoms with E-state index in [1.807, 2.05) is 6.07 Å². The van der Waals surface area contributed by atoms with Crippen LogP contribution in [0.15, 0.2) is 6.07 Å². The summed E-state index contributed by atoms with van der Waals surface area (Å²) < 4.78 is 0. The molecule has 1 aromatic heterocycles. The second kappa shape index (κ2) is 6.00. The lowest BCUT2D eigenvalue weighted by atomic mass is 10.00. The maximum absolute atomic E-state index is 11.8. The molecule has 1 aliphatic rings. The highest BCUT2D eigenvalue weighted by molar-refractivity contribution is 7.14. The Morgan fingerprint density at radius 2 is 1.94 bits per heavy atom. The summed E-state index contributed by atoms with van der Waals surface area (Å²) in [6, 6.07) is 1.93. The lowest BCUT2D eigenvalue weighted by Gasteiger charge is -2.07. The highest BCUT2D eigenvalue weighted by Gasteiger charge is 2.16. The fraction of sp³-hybridized carbons (Fsp3) is 0.538. The Labute approximate surface area is 110 Å². The average molecular weight is 267 g/mol. The molecule has 2 N–H and O–H groups in total. The minimum absolute atomic E-state index is 0.269. The van der Waals surface area contributed by atoms with Gasteiger partial charge < -0.3 is 10.4 Å². The molecule has 0 saturated heterocycles. The third-order valence-electron chi connectivity index (χ3n) is 3.12. The minimum Gasteiger partial charge on any atom is -0.480 e. The van der Waals surface area contributed by atoms with Gasteiger partial charge in [-0.2, -0.15) is 0 Å². The second-order valence-electron chi connectivity index (χ2n) is 4.55. The Morgan fingerprint density at radius 1 is 1.22 bits per heavy atom. The van der Waals surface area contributed by atoms with Crippen LogP contribution in [0.3, 0.4) is 0 Å². The maximum atomic E-state index is 11.8. The van der Waals surface area contributed by atoms with Crippen molar-refractivity contribution in [2.75, 3.05) is 6.54 Å². The summed E-state index contributed by atoms with van der Waals surface area (Å²) in [5.74, 6) is -1.28. The number of fused-ring (bicyclic) bond motifs is 1. The molecule has 4 nitrogen and oxygen atoms in total. The molecule has 0 fully saturated rings. The van der Waals surface area contributed by atoms with Crippen LogP contribution in [0.5, 0.6) is 0 Å². The normalized spacial score (nSPS) is 15.3. The first-order chi connectivity index (χ1) is 8.66. The molecule has 1 heterocycles. The standard InChI is InChI=1S/C13H17NO3S/c15-12(16)8-14-13(17)11-7-9-5-3-1-2-4-6-10(9)18-11/h7H,1-6,8H2,(H,14,17)(H,15,16). The molecule has 0 aromatic carbocycles. The van der Waals surface area contributed by atoms with Crippen molar-refractivity contribution in [1.29, 1.82) is 0 Å². The van der Waals surface area contributed by atoms with Gasteiger partial charge >= 0.3 is 5.97 Å². The first-order valence-corrected chi connectivity index (χ1v) is 7.10. The molecule has 1 aliphatic carbocycles. The van der Waals surface area contributed by atoms with Gasteiger partial charge in [-0.15, -0.1) is 11.3 Å². The molecule has 5 heteroatoms. The molecule has 2 rings (SSSR count). The van der Waals surface area contributed by atoms with Gasteiger partial charge in [-0.25, -0.2) is 0 Å². The van der Waals surface area contributed by atoms with Gasteiger partial charge in [0.1, 0.15) is 6.54 Å². The number of hydrogen-bond donors (Lipinski definition) is 2. The molecular formula is C13H17NO3S. The summed E-state index contributed by atoms with van der Waals surface area (Å²) in [6.45, 7) is -0.318. The fourth-order valence-electron chi connectivity index (χ4n) is 2.20. The summed E-state index contributed by atoms with van der Waals surface area (Å²) in [6.07, 6.45) is 6.97. The van der Waals surface area contributed by atoms with E-state index in [9.17, 15) is 9.59 Å². The van der Waals surface area contributed by atoms with Crippen molar-refractivity contribution >= 4 is 23.2 Å². The van der Waals surface area contributed by atoms with E-state index < -0.39 is 5.97 Å². The number of nitrogens with one attached hydrogen (secondary N) is 1. The van der Waals surface area contributed by atoms with Crippen molar-refractivity contribution in [3.05, 3.63) is 21.4 Å². The van der Waals surface area contributed by atoms with Gasteiger partial charge in [0.25, 0.3) is 5.91 Å². The number of aryl methyl sites for hydroxylation is 2. The third kappa shape index (κ3) is 3.32. The monoisotopic (exact) mass is 267 g/mol. The van der Waals surface area contributed by atoms with Crippen LogP contribution < -0.4 is 5.32 Å². The largest absolute Gasteiger partial charge is 0.480 e. The number of hydrogen-bond acceptors (Lipinski definition) is 3. The predicted octanol–water partition coefficient (Wildman–Crippen LogP) is 2.22. The molecule has 0 bridgehead atoms. The number of carboxylic acids is 1. The van der Waals surface area contributed by atoms with Crippen molar-refractivity contribution in [3.63, 3.8) is 0 Å². The summed E-state index contributed by atoms with van der Waals surface area (Å²) >= 11 is 1.51. The SMILES string of the molecule is O=C(O)CNC(=O)c1cc2c(s1)CCCCCC2. The van der Waals surface area contributed by atoms with E-state index in [-0.39, 0.29) is 12.5 Å². The van der Waals surface area contributed by atoms with E-state index in [2.05, 4.69) is 5.32 Å². The van der Waals surface area contributed by atoms with Crippen LogP contribution in [0, 0.1) is 0 Å². The van der Waals surface area contributed by atoms with Crippen LogP contribution >= 0.6 is 11.3 Å². The van der Waals surface area contributed by atoms with E-state index >= 15 is 0 Å². The maximum Gasteiger partial charge on any atom is 0.322 e. The van der Waals surface area contributed by atoms with Crippen molar-refractivity contribution in [3.8, 4) is 0 Å². The number of amides is 1. The topological polar surface area (TPSA) is 66.4 Å². The zero-order chi connectivity index (χ0) is 13.0. The van der Waals surface area contributed by atoms with Crippen LogP contribution in [0.4, 0.5) is 0 Å². The van der Waals surface area contributed by atoms with Crippen molar-refractivity contribution in [2.24, 2.45) is 0 Å². The van der Waals surface area contributed by atoms with Gasteiger partial charge in [-0.1, -0.05) is 12.8 Å². The van der Waals surface area contributed by atoms with Crippen molar-refractivity contribution < 1.29 is 14.7 Å². The zero-order valence-corrected chi connectivity index (χ0v) is 11.0. The first-order valence-electron chi connectivity index (χ1n) is 6.28. The number of carbonyl (C=O) groups excluding carboxylic acids is 1. The van der Waals surface area contributed by atoms with E-state index in [0.29, 0.717) is 4.88 Å². The number of thiophene rings is 1. The molecule has 0 atom stereocenters. The van der Waals surface area contributed by atoms with Crippen molar-refractivity contribution in [1.82, 2.24) is 5.32 Å². The summed E-state index contributed by atoms with van der Waals surface area (Å²) in [7, 11) is 0. The quantitative estimate of drug-likeness (QED) is 0.882. The minimum atomic E-state index is -1.02. The molecule has 1 amide bonds. The van der Waals surface area contributed by atoms with Crippen molar-refractivity contribution in [2.45, 2.75) is 38.5 Å². The average Bonchev–Trinajstić information content (AvgIpc) is 2.68. The Balaban J connectivity index is 2.07. The summed E-state index contributed by atoms with van der Waals surface area (Å²) in [5.41, 5.74) is 1.28. The van der Waals surface area contributed by atoms with E-state index in [0.717, 1.165) is 12.8 Å². The third-order valence-corrected chi connectivity index (χ3v) is 4.36. The molecule has 0 radical (unpaired) electrons. The highest BCUT2D eigenvalue weighted by atomic mass is 32.1. The van der Waals surface area contributed by atoms with Gasteiger partial charge in [0.15, 0.2) is 0 Å². The Hall–Kier alpha value is -1.36. The highest BCUT2D eigenvalue weighted by Crippen LogP contribution is 2.28. The lowest BCUT2D eigenvalue weighted by Crippen LogP contribution is -2.28. The van der Waals surface area contributed by atoms with Crippen LogP contribution in [-0.4, -0.2) is 23.5 Å². The summed E-state index contributed by atoms with van der Waals surface area (Å²) in [5, 5.41) is 10.9. The molecule has 0 saturated carbocycles. The zero-order valence-electron chi connectivity index (χ0n) is 10.2. The van der Waals surface area contributed by atoms with Crippen LogP contribution in [0.1, 0.15) is 45.8 Å². The smallest absolute Gasteiger partial charge is 0.322 e. The molecule has 0 unspecified atom stereocenters. The molecule has 98 valence electrons. The molecule has 0 aliphatic heterocycles. The number of aliphatic carboxylic acids is 1. The Bertz CT molecular complexity index is 428. The van der Waals surface area contributed by atoms with Crippen LogP contribution in [-0.2, 0) is 17.6 Å². The number of rotatable bonds is 3. The van der Waals surface area contributed by atoms with Gasteiger partial charge in [0.05, 0.1) is 4.88 Å². The molecule has 1 aromatic rings. The Kier molecular flexibility index (Phi) is 4.36. The van der Waals surface area contributed by atoms with E-state index in [4.69, 9.17) is 5.11 Å². The van der Waals surface area contributed by atoms with Crippen LogP contribution in [0.25, 0.3) is 0 Å². The second-order valence-corrected chi connectivity index (χ2v) is 5.69. The number of carbonyl (C=O) groups is 2. The van der Waals surface area contributed by atoms with Gasteiger partial charge in [-0.05, 0) is 37.3 Å². The van der Waals surface area contributed by atoms with E-state index in [1.54, 1.807) is 0 Å². The Morgan fingerprint density at radius 3 is 2.67 bits per heavy atom. The predicted molar refractivity (Wildman–Crippen MR) is 70.2 cm³/mol. The first kappa shape index (κ1) is 13.1. The summed E-state index contributed by atoms with van der Waals surface area (Å²) in [4.78, 5) is 24.1. The van der Waals surface area contributed by atoms with Gasteiger partial charge in [0, 0.05) is 4.88 Å². The molecular weight excluding hydrogens is 250 g/mol. The lowest BCUT2D eigenvalue weighted by molar-refractivity contribution is -0.135. The van der Waals surface area contributed by atoms with Gasteiger partial charge in [0.2, 0.25) is 0 Å². The van der Waals surface area contributed by atoms with E-state index in [1.165, 1.54) is 47.5 Å². The molecule has 18 heavy (non-hydrogen) atoms. The van der Waals surface area contributed by atoms with Crippen LogP contribution in [0.2, 0.25) is 0 Å². The fourth-order valence-corrected chi connectivity index (χ4v) is 3.37.